The molecule has 0 aromatic rings. The molecule has 0 saturated heterocycles. The summed E-state index contributed by atoms with van der Waals surface area (Å²) in [6, 6.07) is 0. The molecule has 0 aliphatic heterocycles. The van der Waals surface area contributed by atoms with Gasteiger partial charge in [0.05, 0.1) is 26.4 Å². The molecule has 0 fully saturated rings. The first-order chi connectivity index (χ1) is 12.6. The van der Waals surface area contributed by atoms with E-state index in [1.54, 1.807) is 0 Å². The Kier molecular flexibility index (Phi) is 20.9. The van der Waals surface area contributed by atoms with E-state index >= 15 is 0 Å². The standard InChI is InChI=1S/C20H44N2O4/c1-19(2)17-25-11-5-7-21-9-13-23-15-16-24-14-10-22-8-6-12-26-18-20(3)4/h19-22H,5-18H2,1-4H3. The molecule has 0 rings (SSSR count). The van der Waals surface area contributed by atoms with Crippen molar-refractivity contribution < 1.29 is 18.9 Å². The van der Waals surface area contributed by atoms with Crippen LogP contribution in [0, 0.1) is 11.8 Å². The lowest BCUT2D eigenvalue weighted by atomic mass is 10.2. The van der Waals surface area contributed by atoms with Crippen molar-refractivity contribution >= 4 is 0 Å². The average Bonchev–Trinajstić information content (AvgIpc) is 2.59. The number of hydrogen-bond acceptors (Lipinski definition) is 6. The molecule has 0 amide bonds. The Morgan fingerprint density at radius 1 is 0.500 bits per heavy atom. The second-order valence-corrected chi connectivity index (χ2v) is 7.37. The Morgan fingerprint density at radius 3 is 1.31 bits per heavy atom. The van der Waals surface area contributed by atoms with Crippen LogP contribution in [0.1, 0.15) is 40.5 Å². The summed E-state index contributed by atoms with van der Waals surface area (Å²) in [6.45, 7) is 18.5. The van der Waals surface area contributed by atoms with Gasteiger partial charge in [0.15, 0.2) is 0 Å². The highest BCUT2D eigenvalue weighted by Gasteiger charge is 1.95. The third-order valence-corrected chi connectivity index (χ3v) is 3.41. The van der Waals surface area contributed by atoms with Crippen LogP contribution >= 0.6 is 0 Å². The van der Waals surface area contributed by atoms with Gasteiger partial charge in [0.2, 0.25) is 0 Å². The summed E-state index contributed by atoms with van der Waals surface area (Å²) >= 11 is 0. The molecule has 0 aromatic carbocycles. The number of hydrogen-bond donors (Lipinski definition) is 2. The largest absolute Gasteiger partial charge is 0.381 e. The molecule has 2 N–H and O–H groups in total. The van der Waals surface area contributed by atoms with Crippen LogP contribution in [0.4, 0.5) is 0 Å². The monoisotopic (exact) mass is 376 g/mol. The van der Waals surface area contributed by atoms with Gasteiger partial charge in [-0.1, -0.05) is 27.7 Å². The topological polar surface area (TPSA) is 61.0 Å². The summed E-state index contributed by atoms with van der Waals surface area (Å²) in [5, 5.41) is 6.71. The van der Waals surface area contributed by atoms with Gasteiger partial charge >= 0.3 is 0 Å². The predicted octanol–water partition coefficient (Wildman–Crippen LogP) is 2.32. The number of nitrogens with one attached hydrogen (secondary N) is 2. The normalized spacial score (nSPS) is 11.8. The van der Waals surface area contributed by atoms with Crippen LogP contribution in [-0.2, 0) is 18.9 Å². The zero-order chi connectivity index (χ0) is 19.3. The fourth-order valence-electron chi connectivity index (χ4n) is 2.10. The van der Waals surface area contributed by atoms with Gasteiger partial charge < -0.3 is 29.6 Å². The third kappa shape index (κ3) is 23.8. The lowest BCUT2D eigenvalue weighted by Crippen LogP contribution is -2.24. The van der Waals surface area contributed by atoms with Gasteiger partial charge in [-0.2, -0.15) is 0 Å². The Hall–Kier alpha value is -0.240. The molecule has 0 heterocycles. The van der Waals surface area contributed by atoms with Gasteiger partial charge in [-0.25, -0.2) is 0 Å². The van der Waals surface area contributed by atoms with Crippen LogP contribution < -0.4 is 10.6 Å². The Labute approximate surface area is 161 Å². The SMILES string of the molecule is CC(C)COCCCNCCOCCOCCNCCCOCC(C)C. The van der Waals surface area contributed by atoms with E-state index in [1.807, 2.05) is 0 Å². The summed E-state index contributed by atoms with van der Waals surface area (Å²) in [5.74, 6) is 1.23. The third-order valence-electron chi connectivity index (χ3n) is 3.41. The molecule has 158 valence electrons. The highest BCUT2D eigenvalue weighted by Crippen LogP contribution is 1.93. The summed E-state index contributed by atoms with van der Waals surface area (Å²) in [6.07, 6.45) is 2.10. The molecule has 0 aliphatic rings. The van der Waals surface area contributed by atoms with Crippen LogP contribution in [0.25, 0.3) is 0 Å². The molecule has 6 heteroatoms. The van der Waals surface area contributed by atoms with Crippen molar-refractivity contribution in [2.75, 3.05) is 79.0 Å². The van der Waals surface area contributed by atoms with Gasteiger partial charge in [0, 0.05) is 39.5 Å². The van der Waals surface area contributed by atoms with E-state index in [0.29, 0.717) is 25.0 Å². The van der Waals surface area contributed by atoms with Gasteiger partial charge in [-0.15, -0.1) is 0 Å². The van der Waals surface area contributed by atoms with Gasteiger partial charge in [-0.05, 0) is 37.8 Å². The average molecular weight is 377 g/mol. The van der Waals surface area contributed by atoms with Crippen molar-refractivity contribution in [1.29, 1.82) is 0 Å². The van der Waals surface area contributed by atoms with Crippen LogP contribution in [-0.4, -0.2) is 79.0 Å². The van der Waals surface area contributed by atoms with Gasteiger partial charge in [0.25, 0.3) is 0 Å². The first-order valence-electron chi connectivity index (χ1n) is 10.3. The van der Waals surface area contributed by atoms with Gasteiger partial charge in [-0.3, -0.25) is 0 Å². The second-order valence-electron chi connectivity index (χ2n) is 7.37. The predicted molar refractivity (Wildman–Crippen MR) is 108 cm³/mol. The maximum absolute atomic E-state index is 5.53. The summed E-state index contributed by atoms with van der Waals surface area (Å²) < 4.78 is 22.1. The van der Waals surface area contributed by atoms with E-state index in [4.69, 9.17) is 18.9 Å². The van der Waals surface area contributed by atoms with Gasteiger partial charge in [0.1, 0.15) is 0 Å². The molecular formula is C20H44N2O4. The van der Waals surface area contributed by atoms with E-state index in [1.165, 1.54) is 0 Å². The fraction of sp³-hybridized carbons (Fsp3) is 1.00. The van der Waals surface area contributed by atoms with Crippen molar-refractivity contribution in [2.24, 2.45) is 11.8 Å². The smallest absolute Gasteiger partial charge is 0.0701 e. The maximum Gasteiger partial charge on any atom is 0.0701 e. The summed E-state index contributed by atoms with van der Waals surface area (Å²) in [4.78, 5) is 0. The summed E-state index contributed by atoms with van der Waals surface area (Å²) in [7, 11) is 0. The lowest BCUT2D eigenvalue weighted by molar-refractivity contribution is 0.0494. The van der Waals surface area contributed by atoms with Crippen LogP contribution in [0.2, 0.25) is 0 Å². The molecule has 0 spiro atoms. The molecule has 26 heavy (non-hydrogen) atoms. The fourth-order valence-corrected chi connectivity index (χ4v) is 2.10. The molecule has 0 aromatic heterocycles. The van der Waals surface area contributed by atoms with E-state index in [9.17, 15) is 0 Å². The maximum atomic E-state index is 5.53. The van der Waals surface area contributed by atoms with Crippen molar-refractivity contribution in [3.05, 3.63) is 0 Å². The second kappa shape index (κ2) is 21.1. The first kappa shape index (κ1) is 25.8. The lowest BCUT2D eigenvalue weighted by Gasteiger charge is -2.09. The number of ether oxygens (including phenoxy) is 4. The minimum atomic E-state index is 0.614. The van der Waals surface area contributed by atoms with Crippen molar-refractivity contribution in [2.45, 2.75) is 40.5 Å². The Bertz CT molecular complexity index is 240. The summed E-state index contributed by atoms with van der Waals surface area (Å²) in [5.41, 5.74) is 0. The van der Waals surface area contributed by atoms with Crippen molar-refractivity contribution in [3.8, 4) is 0 Å². The molecule has 0 atom stereocenters. The van der Waals surface area contributed by atoms with Crippen LogP contribution in [0.15, 0.2) is 0 Å². The first-order valence-corrected chi connectivity index (χ1v) is 10.3. The van der Waals surface area contributed by atoms with Crippen LogP contribution in [0.3, 0.4) is 0 Å². The van der Waals surface area contributed by atoms with Crippen molar-refractivity contribution in [3.63, 3.8) is 0 Å². The minimum Gasteiger partial charge on any atom is -0.381 e. The van der Waals surface area contributed by atoms with E-state index in [0.717, 1.165) is 78.7 Å². The zero-order valence-corrected chi connectivity index (χ0v) is 17.7. The Balaban J connectivity index is 2.99. The Morgan fingerprint density at radius 2 is 0.923 bits per heavy atom. The molecule has 0 radical (unpaired) electrons. The zero-order valence-electron chi connectivity index (χ0n) is 17.7. The molecule has 0 aliphatic carbocycles. The molecule has 0 unspecified atom stereocenters. The number of rotatable bonds is 21. The molecule has 6 nitrogen and oxygen atoms in total. The quantitative estimate of drug-likeness (QED) is 0.300. The molecule has 0 saturated carbocycles. The highest BCUT2D eigenvalue weighted by atomic mass is 16.5. The van der Waals surface area contributed by atoms with Crippen molar-refractivity contribution in [1.82, 2.24) is 10.6 Å². The van der Waals surface area contributed by atoms with E-state index < -0.39 is 0 Å². The van der Waals surface area contributed by atoms with Crippen LogP contribution in [0.5, 0.6) is 0 Å². The van der Waals surface area contributed by atoms with E-state index in [2.05, 4.69) is 38.3 Å². The van der Waals surface area contributed by atoms with E-state index in [-0.39, 0.29) is 0 Å². The molecule has 0 bridgehead atoms. The minimum absolute atomic E-state index is 0.614. The highest BCUT2D eigenvalue weighted by molar-refractivity contribution is 4.49. The molecular weight excluding hydrogens is 332 g/mol.